The number of nitrogens with zero attached hydrogens (tertiary/aromatic N) is 1. The second kappa shape index (κ2) is 5.75. The Kier molecular flexibility index (Phi) is 3.97. The summed E-state index contributed by atoms with van der Waals surface area (Å²) in [6.45, 7) is 2.36. The molecule has 4 nitrogen and oxygen atoms in total. The lowest BCUT2D eigenvalue weighted by atomic mass is 10.2. The molecule has 0 atom stereocenters. The van der Waals surface area contributed by atoms with Gasteiger partial charge in [-0.15, -0.1) is 22.7 Å². The molecule has 0 bridgehead atoms. The number of aromatic nitrogens is 1. The van der Waals surface area contributed by atoms with Crippen molar-refractivity contribution in [2.45, 2.75) is 13.5 Å². The molecule has 1 aromatic carbocycles. The maximum absolute atomic E-state index is 12.3. The Hall–Kier alpha value is -1.44. The van der Waals surface area contributed by atoms with Crippen molar-refractivity contribution in [1.29, 1.82) is 0 Å². The molecule has 0 saturated carbocycles. The molecule has 2 aromatic heterocycles. The summed E-state index contributed by atoms with van der Waals surface area (Å²) in [5, 5.41) is 6.64. The number of halogens is 1. The minimum absolute atomic E-state index is 0.155. The van der Waals surface area contributed by atoms with Gasteiger partial charge in [0.2, 0.25) is 0 Å². The number of anilines is 1. The zero-order chi connectivity index (χ0) is 15.0. The Bertz CT molecular complexity index is 825. The van der Waals surface area contributed by atoms with Crippen molar-refractivity contribution in [3.8, 4) is 0 Å². The van der Waals surface area contributed by atoms with Crippen LogP contribution in [0.5, 0.6) is 0 Å². The van der Waals surface area contributed by atoms with Gasteiger partial charge in [-0.1, -0.05) is 15.9 Å². The molecule has 0 saturated heterocycles. The third kappa shape index (κ3) is 2.95. The van der Waals surface area contributed by atoms with Crippen LogP contribution in [0.1, 0.15) is 20.4 Å². The van der Waals surface area contributed by atoms with Gasteiger partial charge in [0.15, 0.2) is 0 Å². The predicted octanol–water partition coefficient (Wildman–Crippen LogP) is 3.94. The summed E-state index contributed by atoms with van der Waals surface area (Å²) >= 11 is 6.36. The number of hydrogen-bond acceptors (Lipinski definition) is 5. The third-order valence-corrected chi connectivity index (χ3v) is 5.61. The van der Waals surface area contributed by atoms with Gasteiger partial charge in [-0.3, -0.25) is 4.79 Å². The molecule has 0 spiro atoms. The van der Waals surface area contributed by atoms with Crippen molar-refractivity contribution in [3.63, 3.8) is 0 Å². The Morgan fingerprint density at radius 2 is 2.29 bits per heavy atom. The van der Waals surface area contributed by atoms with Gasteiger partial charge in [0.25, 0.3) is 5.91 Å². The quantitative estimate of drug-likeness (QED) is 0.721. The highest BCUT2D eigenvalue weighted by Gasteiger charge is 2.16. The topological polar surface area (TPSA) is 68.0 Å². The number of carbonyl (C=O) groups excluding carboxylic acids is 1. The molecule has 3 rings (SSSR count). The van der Waals surface area contributed by atoms with Crippen LogP contribution in [-0.2, 0) is 6.54 Å². The molecule has 0 unspecified atom stereocenters. The van der Waals surface area contributed by atoms with Crippen LogP contribution >= 0.6 is 38.6 Å². The van der Waals surface area contributed by atoms with E-state index in [-0.39, 0.29) is 5.91 Å². The van der Waals surface area contributed by atoms with E-state index in [0.29, 0.717) is 17.1 Å². The van der Waals surface area contributed by atoms with E-state index in [1.807, 2.05) is 30.5 Å². The fraction of sp³-hybridized carbons (Fsp3) is 0.143. The average Bonchev–Trinajstić information content (AvgIpc) is 3.01. The first-order valence-corrected chi connectivity index (χ1v) is 8.70. The summed E-state index contributed by atoms with van der Waals surface area (Å²) < 4.78 is 1.95. The molecular weight excluding hydrogens is 370 g/mol. The van der Waals surface area contributed by atoms with Crippen LogP contribution in [0.2, 0.25) is 0 Å². The first kappa shape index (κ1) is 14.5. The van der Waals surface area contributed by atoms with Gasteiger partial charge in [0.05, 0.1) is 12.2 Å². The van der Waals surface area contributed by atoms with E-state index in [9.17, 15) is 4.79 Å². The fourth-order valence-corrected chi connectivity index (χ4v) is 4.07. The van der Waals surface area contributed by atoms with Crippen LogP contribution in [0.25, 0.3) is 10.1 Å². The SMILES string of the molecule is Cc1csc(CNC(=O)c2sc3ccc(Br)cc3c2N)n1. The number of nitrogen functional groups attached to an aromatic ring is 1. The van der Waals surface area contributed by atoms with Gasteiger partial charge >= 0.3 is 0 Å². The van der Waals surface area contributed by atoms with E-state index in [0.717, 1.165) is 25.3 Å². The molecule has 3 aromatic rings. The summed E-state index contributed by atoms with van der Waals surface area (Å²) in [6, 6.07) is 5.84. The zero-order valence-electron chi connectivity index (χ0n) is 11.1. The van der Waals surface area contributed by atoms with E-state index in [1.54, 1.807) is 0 Å². The lowest BCUT2D eigenvalue weighted by Crippen LogP contribution is -2.22. The van der Waals surface area contributed by atoms with Crippen LogP contribution in [-0.4, -0.2) is 10.9 Å². The predicted molar refractivity (Wildman–Crippen MR) is 92.0 cm³/mol. The molecule has 0 aliphatic carbocycles. The van der Waals surface area contributed by atoms with E-state index < -0.39 is 0 Å². The summed E-state index contributed by atoms with van der Waals surface area (Å²) in [7, 11) is 0. The van der Waals surface area contributed by atoms with Crippen molar-refractivity contribution in [2.24, 2.45) is 0 Å². The molecule has 7 heteroatoms. The fourth-order valence-electron chi connectivity index (χ4n) is 1.98. The monoisotopic (exact) mass is 381 g/mol. The Labute approximate surface area is 138 Å². The number of benzene rings is 1. The van der Waals surface area contributed by atoms with Crippen LogP contribution in [0.4, 0.5) is 5.69 Å². The smallest absolute Gasteiger partial charge is 0.263 e. The first-order chi connectivity index (χ1) is 10.0. The number of thiophene rings is 1. The Balaban J connectivity index is 1.82. The summed E-state index contributed by atoms with van der Waals surface area (Å²) in [6.07, 6.45) is 0. The van der Waals surface area contributed by atoms with Crippen molar-refractivity contribution >= 4 is 60.3 Å². The molecule has 1 amide bonds. The van der Waals surface area contributed by atoms with Crippen molar-refractivity contribution < 1.29 is 4.79 Å². The standard InChI is InChI=1S/C14H12BrN3OS2/c1-7-6-20-11(18-7)5-17-14(19)13-12(16)9-4-8(15)2-3-10(9)21-13/h2-4,6H,5,16H2,1H3,(H,17,19). The van der Waals surface area contributed by atoms with Crippen molar-refractivity contribution in [2.75, 3.05) is 5.73 Å². The molecule has 108 valence electrons. The van der Waals surface area contributed by atoms with E-state index >= 15 is 0 Å². The number of rotatable bonds is 3. The van der Waals surface area contributed by atoms with E-state index in [2.05, 4.69) is 26.2 Å². The molecule has 0 aliphatic heterocycles. The largest absolute Gasteiger partial charge is 0.397 e. The Morgan fingerprint density at radius 3 is 3.00 bits per heavy atom. The molecule has 0 radical (unpaired) electrons. The van der Waals surface area contributed by atoms with Crippen LogP contribution in [0.15, 0.2) is 28.1 Å². The van der Waals surface area contributed by atoms with Crippen LogP contribution in [0.3, 0.4) is 0 Å². The van der Waals surface area contributed by atoms with Crippen LogP contribution < -0.4 is 11.1 Å². The molecule has 21 heavy (non-hydrogen) atoms. The van der Waals surface area contributed by atoms with E-state index in [4.69, 9.17) is 5.73 Å². The van der Waals surface area contributed by atoms with Gasteiger partial charge in [-0.05, 0) is 25.1 Å². The number of fused-ring (bicyclic) bond motifs is 1. The second-order valence-corrected chi connectivity index (χ2v) is 7.46. The Morgan fingerprint density at radius 1 is 1.48 bits per heavy atom. The molecule has 3 N–H and O–H groups in total. The second-order valence-electron chi connectivity index (χ2n) is 4.55. The highest BCUT2D eigenvalue weighted by atomic mass is 79.9. The highest BCUT2D eigenvalue weighted by molar-refractivity contribution is 9.10. The maximum Gasteiger partial charge on any atom is 0.263 e. The van der Waals surface area contributed by atoms with Gasteiger partial charge < -0.3 is 11.1 Å². The minimum Gasteiger partial charge on any atom is -0.397 e. The van der Waals surface area contributed by atoms with Gasteiger partial charge in [-0.2, -0.15) is 0 Å². The number of nitrogens with one attached hydrogen (secondary N) is 1. The number of thiazole rings is 1. The number of carbonyl (C=O) groups is 1. The zero-order valence-corrected chi connectivity index (χ0v) is 14.4. The number of nitrogens with two attached hydrogens (primary N) is 1. The maximum atomic E-state index is 12.3. The lowest BCUT2D eigenvalue weighted by Gasteiger charge is -2.01. The number of aryl methyl sites for hydroxylation is 1. The average molecular weight is 382 g/mol. The molecule has 0 fully saturated rings. The first-order valence-electron chi connectivity index (χ1n) is 6.21. The van der Waals surface area contributed by atoms with Crippen LogP contribution in [0, 0.1) is 6.92 Å². The lowest BCUT2D eigenvalue weighted by molar-refractivity contribution is 0.0956. The van der Waals surface area contributed by atoms with Gasteiger partial charge in [0, 0.05) is 25.6 Å². The van der Waals surface area contributed by atoms with Crippen molar-refractivity contribution in [1.82, 2.24) is 10.3 Å². The van der Waals surface area contributed by atoms with Gasteiger partial charge in [-0.25, -0.2) is 4.98 Å². The minimum atomic E-state index is -0.155. The molecule has 0 aliphatic rings. The van der Waals surface area contributed by atoms with Gasteiger partial charge in [0.1, 0.15) is 9.88 Å². The number of amides is 1. The summed E-state index contributed by atoms with van der Waals surface area (Å²) in [5.41, 5.74) is 7.60. The number of hydrogen-bond donors (Lipinski definition) is 2. The highest BCUT2D eigenvalue weighted by Crippen LogP contribution is 2.35. The summed E-state index contributed by atoms with van der Waals surface area (Å²) in [5.74, 6) is -0.155. The molecular formula is C14H12BrN3OS2. The normalized spacial score (nSPS) is 11.0. The summed E-state index contributed by atoms with van der Waals surface area (Å²) in [4.78, 5) is 17.2. The van der Waals surface area contributed by atoms with E-state index in [1.165, 1.54) is 22.7 Å². The molecule has 2 heterocycles. The van der Waals surface area contributed by atoms with Crippen molar-refractivity contribution in [3.05, 3.63) is 43.6 Å². The third-order valence-electron chi connectivity index (χ3n) is 2.96.